The summed E-state index contributed by atoms with van der Waals surface area (Å²) in [5, 5.41) is 0. The minimum atomic E-state index is -0.171. The van der Waals surface area contributed by atoms with Gasteiger partial charge in [-0.15, -0.1) is 0 Å². The quantitative estimate of drug-likeness (QED) is 0.831. The Morgan fingerprint density at radius 1 is 1.30 bits per heavy atom. The van der Waals surface area contributed by atoms with Crippen molar-refractivity contribution in [2.75, 3.05) is 39.9 Å². The summed E-state index contributed by atoms with van der Waals surface area (Å²) < 4.78 is 5.14. The Hall–Kier alpha value is -1.46. The highest BCUT2D eigenvalue weighted by Gasteiger charge is 2.48. The molecule has 1 aromatic rings. The molecule has 2 aliphatic heterocycles. The van der Waals surface area contributed by atoms with Crippen molar-refractivity contribution in [2.24, 2.45) is 5.41 Å². The smallest absolute Gasteiger partial charge is 0.230 e. The van der Waals surface area contributed by atoms with E-state index in [4.69, 9.17) is 4.74 Å². The molecule has 3 rings (SSSR count). The lowest BCUT2D eigenvalue weighted by Gasteiger charge is -2.39. The largest absolute Gasteiger partial charge is 0.383 e. The van der Waals surface area contributed by atoms with Crippen molar-refractivity contribution >= 4 is 5.91 Å². The number of ether oxygens (including phenoxy) is 1. The first-order chi connectivity index (χ1) is 11.1. The molecule has 0 unspecified atom stereocenters. The predicted molar refractivity (Wildman–Crippen MR) is 89.0 cm³/mol. The van der Waals surface area contributed by atoms with E-state index >= 15 is 0 Å². The molecule has 0 aliphatic carbocycles. The Balaban J connectivity index is 1.64. The average Bonchev–Trinajstić information content (AvgIpc) is 2.93. The van der Waals surface area contributed by atoms with Gasteiger partial charge in [0.05, 0.1) is 17.7 Å². The van der Waals surface area contributed by atoms with Crippen LogP contribution in [0.15, 0.2) is 18.2 Å². The summed E-state index contributed by atoms with van der Waals surface area (Å²) in [4.78, 5) is 21.9. The van der Waals surface area contributed by atoms with Gasteiger partial charge >= 0.3 is 0 Å². The third-order valence-electron chi connectivity index (χ3n) is 5.15. The summed E-state index contributed by atoms with van der Waals surface area (Å²) in [6, 6.07) is 6.15. The number of nitrogens with zero attached hydrogens (tertiary/aromatic N) is 3. The fraction of sp³-hybridized carbons (Fsp3) is 0.667. The minimum absolute atomic E-state index is 0.171. The highest BCUT2D eigenvalue weighted by Crippen LogP contribution is 2.40. The molecule has 0 N–H and O–H groups in total. The first-order valence-corrected chi connectivity index (χ1v) is 8.56. The van der Waals surface area contributed by atoms with Gasteiger partial charge in [0, 0.05) is 39.0 Å². The van der Waals surface area contributed by atoms with Crippen LogP contribution >= 0.6 is 0 Å². The van der Waals surface area contributed by atoms with E-state index in [-0.39, 0.29) is 5.41 Å². The van der Waals surface area contributed by atoms with Gasteiger partial charge < -0.3 is 9.64 Å². The molecule has 0 bridgehead atoms. The molecule has 2 aliphatic rings. The zero-order valence-corrected chi connectivity index (χ0v) is 14.3. The fourth-order valence-corrected chi connectivity index (χ4v) is 3.96. The standard InChI is InChI=1S/C18H27N3O2/c1-15-5-3-6-16(19-15)13-20-10-8-18(14-20)7-4-9-21(17(18)22)11-12-23-2/h3,5-6H,4,7-14H2,1-2H3/t18-/m0/s1. The maximum Gasteiger partial charge on any atom is 0.230 e. The fourth-order valence-electron chi connectivity index (χ4n) is 3.96. The Morgan fingerprint density at radius 2 is 2.17 bits per heavy atom. The van der Waals surface area contributed by atoms with Crippen LogP contribution in [0.25, 0.3) is 0 Å². The number of rotatable bonds is 5. The van der Waals surface area contributed by atoms with Crippen molar-refractivity contribution in [3.05, 3.63) is 29.6 Å². The van der Waals surface area contributed by atoms with Gasteiger partial charge in [0.1, 0.15) is 0 Å². The van der Waals surface area contributed by atoms with Crippen LogP contribution in [-0.4, -0.2) is 60.6 Å². The molecule has 0 aromatic carbocycles. The van der Waals surface area contributed by atoms with Crippen LogP contribution in [0.2, 0.25) is 0 Å². The number of carbonyl (C=O) groups is 1. The number of aromatic nitrogens is 1. The summed E-state index contributed by atoms with van der Waals surface area (Å²) in [7, 11) is 1.69. The molecule has 1 spiro atoms. The number of methoxy groups -OCH3 is 1. The van der Waals surface area contributed by atoms with E-state index < -0.39 is 0 Å². The van der Waals surface area contributed by atoms with Gasteiger partial charge in [-0.1, -0.05) is 6.07 Å². The van der Waals surface area contributed by atoms with Crippen molar-refractivity contribution in [1.82, 2.24) is 14.8 Å². The molecule has 0 saturated carbocycles. The topological polar surface area (TPSA) is 45.7 Å². The molecule has 1 amide bonds. The zero-order valence-electron chi connectivity index (χ0n) is 14.3. The number of hydrogen-bond donors (Lipinski definition) is 0. The van der Waals surface area contributed by atoms with Crippen molar-refractivity contribution < 1.29 is 9.53 Å². The van der Waals surface area contributed by atoms with E-state index in [1.807, 2.05) is 17.9 Å². The lowest BCUT2D eigenvalue weighted by Crippen LogP contribution is -2.50. The molecule has 5 heteroatoms. The van der Waals surface area contributed by atoms with E-state index in [1.54, 1.807) is 7.11 Å². The van der Waals surface area contributed by atoms with Crippen molar-refractivity contribution in [3.63, 3.8) is 0 Å². The summed E-state index contributed by atoms with van der Waals surface area (Å²) in [5.41, 5.74) is 1.98. The SMILES string of the molecule is COCCN1CCC[C@@]2(CCN(Cc3cccc(C)n3)C2)C1=O. The number of piperidine rings is 1. The number of carbonyl (C=O) groups excluding carboxylic acids is 1. The minimum Gasteiger partial charge on any atom is -0.383 e. The highest BCUT2D eigenvalue weighted by molar-refractivity contribution is 5.84. The van der Waals surface area contributed by atoms with Gasteiger partial charge in [-0.3, -0.25) is 14.7 Å². The molecular formula is C18H27N3O2. The molecule has 0 radical (unpaired) electrons. The Labute approximate surface area is 138 Å². The monoisotopic (exact) mass is 317 g/mol. The van der Waals surface area contributed by atoms with Crippen LogP contribution in [-0.2, 0) is 16.1 Å². The van der Waals surface area contributed by atoms with Gasteiger partial charge in [-0.05, 0) is 44.9 Å². The molecule has 23 heavy (non-hydrogen) atoms. The van der Waals surface area contributed by atoms with Gasteiger partial charge in [-0.25, -0.2) is 0 Å². The van der Waals surface area contributed by atoms with Crippen molar-refractivity contribution in [3.8, 4) is 0 Å². The molecule has 1 aromatic heterocycles. The van der Waals surface area contributed by atoms with E-state index in [1.165, 1.54) is 0 Å². The van der Waals surface area contributed by atoms with Crippen LogP contribution in [0.1, 0.15) is 30.7 Å². The zero-order chi connectivity index (χ0) is 16.3. The highest BCUT2D eigenvalue weighted by atomic mass is 16.5. The second-order valence-corrected chi connectivity index (χ2v) is 6.90. The molecule has 5 nitrogen and oxygen atoms in total. The first-order valence-electron chi connectivity index (χ1n) is 8.56. The van der Waals surface area contributed by atoms with Gasteiger partial charge in [0.15, 0.2) is 0 Å². The van der Waals surface area contributed by atoms with E-state index in [2.05, 4.69) is 22.0 Å². The van der Waals surface area contributed by atoms with E-state index in [0.717, 1.165) is 63.4 Å². The Morgan fingerprint density at radius 3 is 2.96 bits per heavy atom. The van der Waals surface area contributed by atoms with Gasteiger partial charge in [0.25, 0.3) is 0 Å². The van der Waals surface area contributed by atoms with Crippen molar-refractivity contribution in [2.45, 2.75) is 32.7 Å². The second-order valence-electron chi connectivity index (χ2n) is 6.90. The van der Waals surface area contributed by atoms with Crippen LogP contribution in [0, 0.1) is 12.3 Å². The first kappa shape index (κ1) is 16.4. The predicted octanol–water partition coefficient (Wildman–Crippen LogP) is 1.85. The normalized spacial score (nSPS) is 25.5. The Kier molecular flexibility index (Phi) is 4.97. The summed E-state index contributed by atoms with van der Waals surface area (Å²) in [5.74, 6) is 0.334. The number of likely N-dealkylation sites (tertiary alicyclic amines) is 2. The van der Waals surface area contributed by atoms with Gasteiger partial charge in [-0.2, -0.15) is 0 Å². The lowest BCUT2D eigenvalue weighted by molar-refractivity contribution is -0.146. The van der Waals surface area contributed by atoms with Crippen molar-refractivity contribution in [1.29, 1.82) is 0 Å². The third-order valence-corrected chi connectivity index (χ3v) is 5.15. The number of pyridine rings is 1. The molecular weight excluding hydrogens is 290 g/mol. The molecule has 3 heterocycles. The summed E-state index contributed by atoms with van der Waals surface area (Å²) >= 11 is 0. The summed E-state index contributed by atoms with van der Waals surface area (Å²) in [6.07, 6.45) is 3.10. The van der Waals surface area contributed by atoms with Crippen LogP contribution in [0.3, 0.4) is 0 Å². The lowest BCUT2D eigenvalue weighted by atomic mass is 9.78. The summed E-state index contributed by atoms with van der Waals surface area (Å²) in [6.45, 7) is 6.94. The van der Waals surface area contributed by atoms with Crippen LogP contribution in [0.4, 0.5) is 0 Å². The number of amides is 1. The molecule has 126 valence electrons. The van der Waals surface area contributed by atoms with Gasteiger partial charge in [0.2, 0.25) is 5.91 Å². The van der Waals surface area contributed by atoms with E-state index in [9.17, 15) is 4.79 Å². The molecule has 2 saturated heterocycles. The molecule has 1 atom stereocenters. The number of aryl methyl sites for hydroxylation is 1. The third kappa shape index (κ3) is 3.56. The maximum atomic E-state index is 12.9. The van der Waals surface area contributed by atoms with E-state index in [0.29, 0.717) is 12.5 Å². The Bertz CT molecular complexity index is 563. The number of hydrogen-bond acceptors (Lipinski definition) is 4. The second kappa shape index (κ2) is 6.97. The maximum absolute atomic E-state index is 12.9. The van der Waals surface area contributed by atoms with Crippen LogP contribution < -0.4 is 0 Å². The van der Waals surface area contributed by atoms with Crippen LogP contribution in [0.5, 0.6) is 0 Å². The average molecular weight is 317 g/mol. The molecule has 2 fully saturated rings.